The van der Waals surface area contributed by atoms with Crippen molar-refractivity contribution in [1.82, 2.24) is 9.55 Å². The minimum atomic E-state index is 0.293. The summed E-state index contributed by atoms with van der Waals surface area (Å²) in [6.45, 7) is 3.40. The van der Waals surface area contributed by atoms with Crippen molar-refractivity contribution in [3.05, 3.63) is 53.6 Å². The van der Waals surface area contributed by atoms with Crippen LogP contribution in [0.25, 0.3) is 0 Å². The molecule has 2 nitrogen and oxygen atoms in total. The summed E-state index contributed by atoms with van der Waals surface area (Å²) in [4.78, 5) is 4.16. The van der Waals surface area contributed by atoms with Gasteiger partial charge in [0.05, 0.1) is 10.4 Å². The lowest BCUT2D eigenvalue weighted by Crippen LogP contribution is -2.30. The Balaban J connectivity index is 1.68. The zero-order valence-corrected chi connectivity index (χ0v) is 15.8. The number of halogens is 1. The van der Waals surface area contributed by atoms with E-state index in [1.807, 2.05) is 24.7 Å². The highest BCUT2D eigenvalue weighted by atomic mass is 35.5. The van der Waals surface area contributed by atoms with Gasteiger partial charge in [-0.05, 0) is 43.1 Å². The zero-order chi connectivity index (χ0) is 16.1. The number of hydrogen-bond acceptors (Lipinski definition) is 3. The Morgan fingerprint density at radius 2 is 2.22 bits per heavy atom. The largest absolute Gasteiger partial charge is 0.337 e. The van der Waals surface area contributed by atoms with Crippen molar-refractivity contribution >= 4 is 35.1 Å². The van der Waals surface area contributed by atoms with Crippen LogP contribution in [0.5, 0.6) is 0 Å². The molecule has 5 heteroatoms. The van der Waals surface area contributed by atoms with Gasteiger partial charge >= 0.3 is 0 Å². The monoisotopic (exact) mass is 366 g/mol. The fourth-order valence-corrected chi connectivity index (χ4v) is 7.12. The van der Waals surface area contributed by atoms with E-state index in [2.05, 4.69) is 58.3 Å². The third kappa shape index (κ3) is 4.71. The van der Waals surface area contributed by atoms with Crippen molar-refractivity contribution in [3.8, 4) is 0 Å². The molecule has 0 aliphatic carbocycles. The highest BCUT2D eigenvalue weighted by Crippen LogP contribution is 2.51. The molecule has 1 aliphatic heterocycles. The highest BCUT2D eigenvalue weighted by Gasteiger charge is 2.36. The Kier molecular flexibility index (Phi) is 6.00. The fourth-order valence-electron chi connectivity index (χ4n) is 3.00. The smallest absolute Gasteiger partial charge is 0.0945 e. The first-order valence-corrected chi connectivity index (χ1v) is 10.4. The van der Waals surface area contributed by atoms with E-state index >= 15 is 0 Å². The van der Waals surface area contributed by atoms with E-state index in [0.29, 0.717) is 4.08 Å². The predicted octanol–water partition coefficient (Wildman–Crippen LogP) is 5.51. The van der Waals surface area contributed by atoms with Gasteiger partial charge < -0.3 is 4.57 Å². The molecule has 0 spiro atoms. The molecule has 0 radical (unpaired) electrons. The van der Waals surface area contributed by atoms with Crippen LogP contribution in [0.1, 0.15) is 31.7 Å². The fraction of sp³-hybridized carbons (Fsp3) is 0.500. The molecule has 1 saturated heterocycles. The number of aromatic nitrogens is 2. The minimum absolute atomic E-state index is 0.293. The van der Waals surface area contributed by atoms with Gasteiger partial charge in [0.1, 0.15) is 0 Å². The first kappa shape index (κ1) is 17.2. The summed E-state index contributed by atoms with van der Waals surface area (Å²) in [6, 6.07) is 8.25. The molecular weight excluding hydrogens is 344 g/mol. The van der Waals surface area contributed by atoms with E-state index in [9.17, 15) is 0 Å². The number of thioether (sulfide) groups is 2. The third-order valence-electron chi connectivity index (χ3n) is 4.35. The number of benzene rings is 1. The Labute approximate surface area is 152 Å². The zero-order valence-electron chi connectivity index (χ0n) is 13.5. The molecule has 124 valence electrons. The maximum absolute atomic E-state index is 6.35. The molecule has 2 atom stereocenters. The van der Waals surface area contributed by atoms with Crippen molar-refractivity contribution in [2.45, 2.75) is 48.5 Å². The van der Waals surface area contributed by atoms with Crippen molar-refractivity contribution in [2.75, 3.05) is 5.75 Å². The number of imidazole rings is 1. The number of rotatable bonds is 6. The van der Waals surface area contributed by atoms with Crippen LogP contribution in [0.2, 0.25) is 5.02 Å². The van der Waals surface area contributed by atoms with E-state index < -0.39 is 0 Å². The molecule has 2 aromatic rings. The average molecular weight is 367 g/mol. The van der Waals surface area contributed by atoms with Gasteiger partial charge in [-0.3, -0.25) is 0 Å². The highest BCUT2D eigenvalue weighted by molar-refractivity contribution is 8.19. The molecule has 0 N–H and O–H groups in total. The van der Waals surface area contributed by atoms with Crippen molar-refractivity contribution < 1.29 is 0 Å². The van der Waals surface area contributed by atoms with Crippen LogP contribution in [0.15, 0.2) is 43.0 Å². The molecule has 1 aliphatic rings. The number of hydrogen-bond donors (Lipinski definition) is 0. The van der Waals surface area contributed by atoms with Crippen LogP contribution in [-0.2, 0) is 13.0 Å². The Morgan fingerprint density at radius 3 is 2.96 bits per heavy atom. The third-order valence-corrected chi connectivity index (χ3v) is 8.21. The van der Waals surface area contributed by atoms with Crippen molar-refractivity contribution in [3.63, 3.8) is 0 Å². The summed E-state index contributed by atoms with van der Waals surface area (Å²) in [5.41, 5.74) is 1.27. The summed E-state index contributed by atoms with van der Waals surface area (Å²) >= 11 is 10.7. The Hall–Kier alpha value is -0.580. The van der Waals surface area contributed by atoms with Gasteiger partial charge in [-0.15, -0.1) is 23.5 Å². The topological polar surface area (TPSA) is 17.8 Å². The molecular formula is C18H23ClN2S2. The van der Waals surface area contributed by atoms with Crippen molar-refractivity contribution in [2.24, 2.45) is 0 Å². The van der Waals surface area contributed by atoms with E-state index in [0.717, 1.165) is 23.2 Å². The van der Waals surface area contributed by atoms with E-state index in [1.165, 1.54) is 30.6 Å². The molecule has 2 heterocycles. The van der Waals surface area contributed by atoms with Crippen LogP contribution >= 0.6 is 35.1 Å². The first-order valence-electron chi connectivity index (χ1n) is 8.18. The molecule has 1 aromatic heterocycles. The van der Waals surface area contributed by atoms with Crippen molar-refractivity contribution in [1.29, 1.82) is 0 Å². The maximum Gasteiger partial charge on any atom is 0.0945 e. The first-order chi connectivity index (χ1) is 11.2. The molecule has 2 unspecified atom stereocenters. The molecule has 0 amide bonds. The summed E-state index contributed by atoms with van der Waals surface area (Å²) < 4.78 is 2.48. The lowest BCUT2D eigenvalue weighted by Gasteiger charge is -2.39. The van der Waals surface area contributed by atoms with Crippen LogP contribution < -0.4 is 0 Å². The summed E-state index contributed by atoms with van der Waals surface area (Å²) in [6.07, 6.45) is 10.6. The number of aryl methyl sites for hydroxylation is 2. The van der Waals surface area contributed by atoms with Gasteiger partial charge in [-0.25, -0.2) is 4.98 Å². The van der Waals surface area contributed by atoms with Crippen LogP contribution in [0.3, 0.4) is 0 Å². The van der Waals surface area contributed by atoms with Gasteiger partial charge in [0, 0.05) is 29.2 Å². The summed E-state index contributed by atoms with van der Waals surface area (Å²) in [5.74, 6) is 1.26. The Bertz CT molecular complexity index is 617. The molecule has 3 rings (SSSR count). The van der Waals surface area contributed by atoms with E-state index in [-0.39, 0.29) is 0 Å². The standard InChI is InChI=1S/C18H23ClN2S2/c1-15-7-13-22-18(23-15,9-11-21-12-10-20-14-21)8-6-16-4-2-3-5-17(16)19/h2-5,10,12,14-15H,6-9,11,13H2,1H3. The lowest BCUT2D eigenvalue weighted by molar-refractivity contribution is 0.566. The SMILES string of the molecule is CC1CCSC(CCc2ccccc2Cl)(CCn2ccnc2)S1. The minimum Gasteiger partial charge on any atom is -0.337 e. The summed E-state index contributed by atoms with van der Waals surface area (Å²) in [5, 5.41) is 1.64. The van der Waals surface area contributed by atoms with E-state index in [1.54, 1.807) is 0 Å². The molecule has 23 heavy (non-hydrogen) atoms. The van der Waals surface area contributed by atoms with Gasteiger partial charge in [0.15, 0.2) is 0 Å². The molecule has 0 bridgehead atoms. The second kappa shape index (κ2) is 8.00. The van der Waals surface area contributed by atoms with Crippen LogP contribution in [0, 0.1) is 0 Å². The number of nitrogens with zero attached hydrogens (tertiary/aromatic N) is 2. The van der Waals surface area contributed by atoms with Crippen LogP contribution in [0.4, 0.5) is 0 Å². The molecule has 1 fully saturated rings. The van der Waals surface area contributed by atoms with E-state index in [4.69, 9.17) is 11.6 Å². The maximum atomic E-state index is 6.35. The molecule has 1 aromatic carbocycles. The normalized spacial score (nSPS) is 24.7. The predicted molar refractivity (Wildman–Crippen MR) is 103 cm³/mol. The van der Waals surface area contributed by atoms with Gasteiger partial charge in [0.25, 0.3) is 0 Å². The lowest BCUT2D eigenvalue weighted by atomic mass is 10.1. The molecule has 0 saturated carbocycles. The average Bonchev–Trinajstić information content (AvgIpc) is 3.06. The second-order valence-corrected chi connectivity index (χ2v) is 10.1. The Morgan fingerprint density at radius 1 is 1.35 bits per heavy atom. The van der Waals surface area contributed by atoms with Crippen LogP contribution in [-0.4, -0.2) is 24.6 Å². The summed E-state index contributed by atoms with van der Waals surface area (Å²) in [7, 11) is 0. The van der Waals surface area contributed by atoms with Gasteiger partial charge in [0.2, 0.25) is 0 Å². The quantitative estimate of drug-likeness (QED) is 0.670. The second-order valence-electron chi connectivity index (χ2n) is 6.12. The van der Waals surface area contributed by atoms with Gasteiger partial charge in [-0.1, -0.05) is 36.7 Å². The van der Waals surface area contributed by atoms with Gasteiger partial charge in [-0.2, -0.15) is 0 Å².